The van der Waals surface area contributed by atoms with Crippen molar-refractivity contribution in [3.63, 3.8) is 0 Å². The standard InChI is InChI=1S/C21H21FN8O4S/c1-13(9-16-23-10-15(22)11-24-16)35(31,32)29-21-28-27-18(14-7-5-4-6-8-14)30(21)17-19(33-2)25-12-26-20(17)34-3/h4-8,10-13H,9H2,1-3H3,(H,28,29)/t13-/m1/s1. The SMILES string of the molecule is COc1ncnc(OC)c1-n1c(NS(=O)(=O)[C@H](C)Cc2ncc(F)cn2)nnc1-c1ccccc1. The molecule has 4 rings (SSSR count). The molecule has 0 fully saturated rings. The van der Waals surface area contributed by atoms with Crippen LogP contribution in [0.4, 0.5) is 10.3 Å². The van der Waals surface area contributed by atoms with Crippen LogP contribution in [0, 0.1) is 5.82 Å². The third-order valence-electron chi connectivity index (χ3n) is 4.97. The second kappa shape index (κ2) is 9.97. The lowest BCUT2D eigenvalue weighted by atomic mass is 10.2. The second-order valence-corrected chi connectivity index (χ2v) is 9.37. The molecule has 0 amide bonds. The molecule has 0 aliphatic rings. The molecule has 182 valence electrons. The van der Waals surface area contributed by atoms with Crippen LogP contribution in [0.1, 0.15) is 12.7 Å². The molecule has 0 saturated carbocycles. The summed E-state index contributed by atoms with van der Waals surface area (Å²) in [5.41, 5.74) is 0.847. The summed E-state index contributed by atoms with van der Waals surface area (Å²) in [6.07, 6.45) is 3.15. The van der Waals surface area contributed by atoms with Crippen molar-refractivity contribution in [2.75, 3.05) is 18.9 Å². The maximum Gasteiger partial charge on any atom is 0.245 e. The van der Waals surface area contributed by atoms with Gasteiger partial charge in [0.1, 0.15) is 12.2 Å². The number of hydrogen-bond acceptors (Lipinski definition) is 10. The van der Waals surface area contributed by atoms with Crippen LogP contribution in [0.2, 0.25) is 0 Å². The van der Waals surface area contributed by atoms with Crippen molar-refractivity contribution in [1.82, 2.24) is 34.7 Å². The number of nitrogens with one attached hydrogen (secondary N) is 1. The molecule has 1 atom stereocenters. The van der Waals surface area contributed by atoms with Crippen LogP contribution in [0.5, 0.6) is 11.8 Å². The van der Waals surface area contributed by atoms with Gasteiger partial charge in [-0.15, -0.1) is 10.2 Å². The van der Waals surface area contributed by atoms with Crippen molar-refractivity contribution in [3.05, 3.63) is 60.7 Å². The Kier molecular flexibility index (Phi) is 6.82. The van der Waals surface area contributed by atoms with Crippen molar-refractivity contribution in [1.29, 1.82) is 0 Å². The topological polar surface area (TPSA) is 147 Å². The molecule has 1 aromatic carbocycles. The summed E-state index contributed by atoms with van der Waals surface area (Å²) in [5.74, 6) is -0.0529. The molecular formula is C21H21FN8O4S. The molecule has 1 N–H and O–H groups in total. The third kappa shape index (κ3) is 5.01. The van der Waals surface area contributed by atoms with Gasteiger partial charge in [0.15, 0.2) is 17.3 Å². The largest absolute Gasteiger partial charge is 0.479 e. The highest BCUT2D eigenvalue weighted by atomic mass is 32.2. The Morgan fingerprint density at radius 1 is 1.00 bits per heavy atom. The summed E-state index contributed by atoms with van der Waals surface area (Å²) in [5, 5.41) is 7.29. The average molecular weight is 501 g/mol. The van der Waals surface area contributed by atoms with E-state index in [-0.39, 0.29) is 35.6 Å². The Hall–Kier alpha value is -4.20. The number of nitrogens with zero attached hydrogens (tertiary/aromatic N) is 7. The number of anilines is 1. The predicted molar refractivity (Wildman–Crippen MR) is 123 cm³/mol. The average Bonchev–Trinajstić information content (AvgIpc) is 3.27. The van der Waals surface area contributed by atoms with Gasteiger partial charge in [-0.05, 0) is 6.92 Å². The second-order valence-electron chi connectivity index (χ2n) is 7.27. The zero-order valence-corrected chi connectivity index (χ0v) is 19.8. The zero-order valence-electron chi connectivity index (χ0n) is 19.0. The number of halogens is 1. The minimum absolute atomic E-state index is 0.0591. The van der Waals surface area contributed by atoms with Crippen molar-refractivity contribution in [2.45, 2.75) is 18.6 Å². The smallest absolute Gasteiger partial charge is 0.245 e. The van der Waals surface area contributed by atoms with E-state index in [1.165, 1.54) is 32.0 Å². The summed E-state index contributed by atoms with van der Waals surface area (Å²) in [6, 6.07) is 9.02. The van der Waals surface area contributed by atoms with Gasteiger partial charge in [-0.3, -0.25) is 9.29 Å². The van der Waals surface area contributed by atoms with Gasteiger partial charge in [0.2, 0.25) is 27.7 Å². The predicted octanol–water partition coefficient (Wildman–Crippen LogP) is 2.04. The maximum atomic E-state index is 13.2. The van der Waals surface area contributed by atoms with E-state index in [0.717, 1.165) is 12.4 Å². The Bertz CT molecular complexity index is 1390. The highest BCUT2D eigenvalue weighted by molar-refractivity contribution is 7.93. The molecule has 35 heavy (non-hydrogen) atoms. The minimum atomic E-state index is -4.03. The Labute approximate surface area is 200 Å². The summed E-state index contributed by atoms with van der Waals surface area (Å²) in [6.45, 7) is 1.47. The zero-order chi connectivity index (χ0) is 25.0. The molecule has 0 aliphatic carbocycles. The number of hydrogen-bond donors (Lipinski definition) is 1. The van der Waals surface area contributed by atoms with E-state index in [9.17, 15) is 12.8 Å². The van der Waals surface area contributed by atoms with Crippen LogP contribution >= 0.6 is 0 Å². The molecule has 0 radical (unpaired) electrons. The minimum Gasteiger partial charge on any atom is -0.479 e. The number of aromatic nitrogens is 7. The van der Waals surface area contributed by atoms with Crippen molar-refractivity contribution in [3.8, 4) is 28.8 Å². The Balaban J connectivity index is 1.79. The monoisotopic (exact) mass is 500 g/mol. The maximum absolute atomic E-state index is 13.2. The molecule has 3 aromatic heterocycles. The van der Waals surface area contributed by atoms with Gasteiger partial charge < -0.3 is 9.47 Å². The van der Waals surface area contributed by atoms with Gasteiger partial charge in [0.25, 0.3) is 0 Å². The first-order valence-electron chi connectivity index (χ1n) is 10.3. The van der Waals surface area contributed by atoms with Crippen molar-refractivity contribution < 1.29 is 22.3 Å². The highest BCUT2D eigenvalue weighted by Gasteiger charge is 2.29. The van der Waals surface area contributed by atoms with Gasteiger partial charge in [-0.1, -0.05) is 30.3 Å². The summed E-state index contributed by atoms with van der Waals surface area (Å²) < 4.78 is 54.2. The van der Waals surface area contributed by atoms with E-state index >= 15 is 0 Å². The van der Waals surface area contributed by atoms with E-state index < -0.39 is 21.1 Å². The van der Waals surface area contributed by atoms with E-state index in [2.05, 4.69) is 34.9 Å². The number of ether oxygens (including phenoxy) is 2. The van der Waals surface area contributed by atoms with E-state index in [4.69, 9.17) is 9.47 Å². The molecule has 14 heteroatoms. The summed E-state index contributed by atoms with van der Waals surface area (Å²) in [4.78, 5) is 15.9. The first kappa shape index (κ1) is 23.9. The van der Waals surface area contributed by atoms with Gasteiger partial charge in [0, 0.05) is 12.0 Å². The Morgan fingerprint density at radius 3 is 2.23 bits per heavy atom. The molecule has 0 spiro atoms. The molecule has 4 aromatic rings. The number of methoxy groups -OCH3 is 2. The fourth-order valence-corrected chi connectivity index (χ4v) is 4.17. The van der Waals surface area contributed by atoms with Crippen molar-refractivity contribution in [2.24, 2.45) is 0 Å². The fraction of sp³-hybridized carbons (Fsp3) is 0.238. The van der Waals surface area contributed by atoms with E-state index in [1.807, 2.05) is 6.07 Å². The molecule has 0 unspecified atom stereocenters. The molecular weight excluding hydrogens is 479 g/mol. The van der Waals surface area contributed by atoms with Crippen LogP contribution in [-0.4, -0.2) is 62.6 Å². The van der Waals surface area contributed by atoms with Gasteiger partial charge in [-0.2, -0.15) is 9.97 Å². The lowest BCUT2D eigenvalue weighted by Crippen LogP contribution is -2.29. The van der Waals surface area contributed by atoms with Crippen LogP contribution in [0.3, 0.4) is 0 Å². The van der Waals surface area contributed by atoms with E-state index in [1.54, 1.807) is 24.3 Å². The molecule has 0 aliphatic heterocycles. The van der Waals surface area contributed by atoms with Gasteiger partial charge >= 0.3 is 0 Å². The molecule has 12 nitrogen and oxygen atoms in total. The lowest BCUT2D eigenvalue weighted by molar-refractivity contribution is 0.368. The van der Waals surface area contributed by atoms with Crippen LogP contribution in [0.25, 0.3) is 17.1 Å². The molecule has 0 bridgehead atoms. The summed E-state index contributed by atoms with van der Waals surface area (Å²) >= 11 is 0. The third-order valence-corrected chi connectivity index (χ3v) is 6.66. The lowest BCUT2D eigenvalue weighted by Gasteiger charge is -2.17. The Morgan fingerprint density at radius 2 is 1.63 bits per heavy atom. The molecule has 3 heterocycles. The quantitative estimate of drug-likeness (QED) is 0.362. The van der Waals surface area contributed by atoms with Crippen LogP contribution in [-0.2, 0) is 16.4 Å². The van der Waals surface area contributed by atoms with Crippen molar-refractivity contribution >= 4 is 16.0 Å². The van der Waals surface area contributed by atoms with Gasteiger partial charge in [-0.25, -0.2) is 22.8 Å². The number of rotatable bonds is 9. The first-order valence-corrected chi connectivity index (χ1v) is 11.8. The first-order chi connectivity index (χ1) is 16.8. The van der Waals surface area contributed by atoms with E-state index in [0.29, 0.717) is 11.4 Å². The fourth-order valence-electron chi connectivity index (χ4n) is 3.21. The summed E-state index contributed by atoms with van der Waals surface area (Å²) in [7, 11) is -1.21. The van der Waals surface area contributed by atoms with Gasteiger partial charge in [0.05, 0.1) is 31.9 Å². The normalized spacial score (nSPS) is 12.2. The highest BCUT2D eigenvalue weighted by Crippen LogP contribution is 2.35. The van der Waals surface area contributed by atoms with Crippen LogP contribution in [0.15, 0.2) is 49.1 Å². The molecule has 0 saturated heterocycles. The number of benzene rings is 1. The van der Waals surface area contributed by atoms with Crippen LogP contribution < -0.4 is 14.2 Å². The number of sulfonamides is 1.